The zero-order chi connectivity index (χ0) is 13.4. The van der Waals surface area contributed by atoms with Gasteiger partial charge in [-0.2, -0.15) is 0 Å². The van der Waals surface area contributed by atoms with E-state index in [9.17, 15) is 4.79 Å². The number of nitrogens with one attached hydrogen (secondary N) is 2. The predicted octanol–water partition coefficient (Wildman–Crippen LogP) is 0.763. The molecule has 2 N–H and O–H groups in total. The Balaban J connectivity index is 2.71. The summed E-state index contributed by atoms with van der Waals surface area (Å²) in [5, 5.41) is 5.96. The molecule has 0 fully saturated rings. The van der Waals surface area contributed by atoms with Gasteiger partial charge in [0.2, 0.25) is 5.91 Å². The largest absolute Gasteiger partial charge is 0.358 e. The van der Waals surface area contributed by atoms with Crippen LogP contribution in [0.2, 0.25) is 0 Å². The van der Waals surface area contributed by atoms with Gasteiger partial charge in [0, 0.05) is 32.4 Å². The SMILES string of the molecule is CCCNCc1cccnc1N(C)CC(=O)NC. The summed E-state index contributed by atoms with van der Waals surface area (Å²) in [5.41, 5.74) is 1.11. The maximum absolute atomic E-state index is 11.4. The average molecular weight is 250 g/mol. The summed E-state index contributed by atoms with van der Waals surface area (Å²) in [5.74, 6) is 0.834. The van der Waals surface area contributed by atoms with Crippen LogP contribution in [0, 0.1) is 0 Å². The molecule has 1 rings (SSSR count). The van der Waals surface area contributed by atoms with Gasteiger partial charge >= 0.3 is 0 Å². The van der Waals surface area contributed by atoms with E-state index in [0.717, 1.165) is 30.9 Å². The van der Waals surface area contributed by atoms with E-state index >= 15 is 0 Å². The van der Waals surface area contributed by atoms with E-state index in [-0.39, 0.29) is 5.91 Å². The molecular formula is C13H22N4O. The normalized spacial score (nSPS) is 10.2. The zero-order valence-electron chi connectivity index (χ0n) is 11.4. The van der Waals surface area contributed by atoms with E-state index in [1.165, 1.54) is 0 Å². The summed E-state index contributed by atoms with van der Waals surface area (Å²) in [7, 11) is 3.51. The zero-order valence-corrected chi connectivity index (χ0v) is 11.4. The smallest absolute Gasteiger partial charge is 0.239 e. The number of hydrogen-bond donors (Lipinski definition) is 2. The van der Waals surface area contributed by atoms with Gasteiger partial charge in [-0.15, -0.1) is 0 Å². The molecule has 0 aliphatic heterocycles. The van der Waals surface area contributed by atoms with E-state index < -0.39 is 0 Å². The van der Waals surface area contributed by atoms with Crippen molar-refractivity contribution in [1.29, 1.82) is 0 Å². The van der Waals surface area contributed by atoms with Crippen LogP contribution in [0.25, 0.3) is 0 Å². The number of nitrogens with zero attached hydrogens (tertiary/aromatic N) is 2. The van der Waals surface area contributed by atoms with Gasteiger partial charge in [-0.1, -0.05) is 13.0 Å². The number of anilines is 1. The maximum Gasteiger partial charge on any atom is 0.239 e. The van der Waals surface area contributed by atoms with Crippen LogP contribution in [0.4, 0.5) is 5.82 Å². The lowest BCUT2D eigenvalue weighted by atomic mass is 10.2. The number of carbonyl (C=O) groups is 1. The second-order valence-corrected chi connectivity index (χ2v) is 4.19. The minimum atomic E-state index is -0.0179. The maximum atomic E-state index is 11.4. The molecule has 0 saturated heterocycles. The standard InChI is InChI=1S/C13H22N4O/c1-4-7-15-9-11-6-5-8-16-13(11)17(3)10-12(18)14-2/h5-6,8,15H,4,7,9-10H2,1-3H3,(H,14,18). The molecule has 5 heteroatoms. The summed E-state index contributed by atoms with van der Waals surface area (Å²) < 4.78 is 0. The molecule has 1 heterocycles. The minimum absolute atomic E-state index is 0.0179. The fourth-order valence-electron chi connectivity index (χ4n) is 1.68. The Kier molecular flexibility index (Phi) is 6.14. The van der Waals surface area contributed by atoms with Gasteiger partial charge in [-0.25, -0.2) is 4.98 Å². The highest BCUT2D eigenvalue weighted by molar-refractivity contribution is 5.80. The van der Waals surface area contributed by atoms with Crippen molar-refractivity contribution < 1.29 is 4.79 Å². The van der Waals surface area contributed by atoms with Crippen molar-refractivity contribution in [2.24, 2.45) is 0 Å². The van der Waals surface area contributed by atoms with Gasteiger partial charge < -0.3 is 15.5 Å². The summed E-state index contributed by atoms with van der Waals surface area (Å²) in [4.78, 5) is 17.6. The van der Waals surface area contributed by atoms with Gasteiger partial charge in [0.25, 0.3) is 0 Å². The molecule has 0 spiro atoms. The summed E-state index contributed by atoms with van der Waals surface area (Å²) in [6, 6.07) is 3.95. The molecule has 0 atom stereocenters. The first-order valence-electron chi connectivity index (χ1n) is 6.25. The third-order valence-electron chi connectivity index (χ3n) is 2.63. The molecule has 100 valence electrons. The first-order valence-corrected chi connectivity index (χ1v) is 6.25. The van der Waals surface area contributed by atoms with Gasteiger partial charge in [0.05, 0.1) is 6.54 Å². The fourth-order valence-corrected chi connectivity index (χ4v) is 1.68. The number of amides is 1. The van der Waals surface area contributed by atoms with E-state index in [4.69, 9.17) is 0 Å². The lowest BCUT2D eigenvalue weighted by Gasteiger charge is -2.20. The molecule has 5 nitrogen and oxygen atoms in total. The van der Waals surface area contributed by atoms with Crippen LogP contribution in [0.3, 0.4) is 0 Å². The van der Waals surface area contributed by atoms with E-state index in [2.05, 4.69) is 22.5 Å². The number of hydrogen-bond acceptors (Lipinski definition) is 4. The van der Waals surface area contributed by atoms with E-state index in [0.29, 0.717) is 6.54 Å². The lowest BCUT2D eigenvalue weighted by molar-refractivity contribution is -0.119. The van der Waals surface area contributed by atoms with Crippen LogP contribution < -0.4 is 15.5 Å². The molecule has 0 saturated carbocycles. The van der Waals surface area contributed by atoms with Gasteiger partial charge in [-0.05, 0) is 19.0 Å². The predicted molar refractivity (Wildman–Crippen MR) is 73.6 cm³/mol. The molecular weight excluding hydrogens is 228 g/mol. The van der Waals surface area contributed by atoms with Crippen LogP contribution in [0.1, 0.15) is 18.9 Å². The van der Waals surface area contributed by atoms with Crippen LogP contribution in [0.15, 0.2) is 18.3 Å². The van der Waals surface area contributed by atoms with Crippen molar-refractivity contribution in [2.75, 3.05) is 32.1 Å². The molecule has 0 unspecified atom stereocenters. The number of aromatic nitrogens is 1. The Hall–Kier alpha value is -1.62. The first kappa shape index (κ1) is 14.4. The molecule has 0 bridgehead atoms. The molecule has 1 aromatic rings. The highest BCUT2D eigenvalue weighted by Gasteiger charge is 2.10. The lowest BCUT2D eigenvalue weighted by Crippen LogP contribution is -2.34. The summed E-state index contributed by atoms with van der Waals surface area (Å²) in [6.07, 6.45) is 2.85. The average Bonchev–Trinajstić information content (AvgIpc) is 2.39. The molecule has 18 heavy (non-hydrogen) atoms. The van der Waals surface area contributed by atoms with Crippen LogP contribution in [0.5, 0.6) is 0 Å². The molecule has 0 radical (unpaired) electrons. The van der Waals surface area contributed by atoms with Crippen molar-refractivity contribution in [3.8, 4) is 0 Å². The summed E-state index contributed by atoms with van der Waals surface area (Å²) in [6.45, 7) is 4.20. The van der Waals surface area contributed by atoms with Crippen LogP contribution in [-0.4, -0.2) is 38.1 Å². The number of carbonyl (C=O) groups excluding carboxylic acids is 1. The van der Waals surface area contributed by atoms with E-state index in [1.807, 2.05) is 24.1 Å². The molecule has 0 aliphatic rings. The van der Waals surface area contributed by atoms with E-state index in [1.54, 1.807) is 13.2 Å². The first-order chi connectivity index (χ1) is 8.69. The second kappa shape index (κ2) is 7.66. The highest BCUT2D eigenvalue weighted by Crippen LogP contribution is 2.15. The van der Waals surface area contributed by atoms with Crippen LogP contribution in [-0.2, 0) is 11.3 Å². The number of pyridine rings is 1. The second-order valence-electron chi connectivity index (χ2n) is 4.19. The monoisotopic (exact) mass is 250 g/mol. The van der Waals surface area contributed by atoms with Crippen molar-refractivity contribution >= 4 is 11.7 Å². The minimum Gasteiger partial charge on any atom is -0.358 e. The van der Waals surface area contributed by atoms with Gasteiger partial charge in [-0.3, -0.25) is 4.79 Å². The Morgan fingerprint density at radius 1 is 1.50 bits per heavy atom. The molecule has 0 aliphatic carbocycles. The number of likely N-dealkylation sites (N-methyl/N-ethyl adjacent to an activating group) is 2. The molecule has 1 amide bonds. The number of rotatable bonds is 7. The van der Waals surface area contributed by atoms with Gasteiger partial charge in [0.15, 0.2) is 0 Å². The van der Waals surface area contributed by atoms with Crippen LogP contribution >= 0.6 is 0 Å². The van der Waals surface area contributed by atoms with Crippen molar-refractivity contribution in [2.45, 2.75) is 19.9 Å². The quantitative estimate of drug-likeness (QED) is 0.702. The Labute approximate surface area is 109 Å². The third-order valence-corrected chi connectivity index (χ3v) is 2.63. The molecule has 0 aromatic carbocycles. The Bertz CT molecular complexity index is 381. The topological polar surface area (TPSA) is 57.3 Å². The highest BCUT2D eigenvalue weighted by atomic mass is 16.1. The third kappa shape index (κ3) is 4.33. The summed E-state index contributed by atoms with van der Waals surface area (Å²) >= 11 is 0. The van der Waals surface area contributed by atoms with Crippen molar-refractivity contribution in [3.63, 3.8) is 0 Å². The fraction of sp³-hybridized carbons (Fsp3) is 0.538. The Morgan fingerprint density at radius 2 is 2.28 bits per heavy atom. The Morgan fingerprint density at radius 3 is 2.94 bits per heavy atom. The van der Waals surface area contributed by atoms with Crippen molar-refractivity contribution in [1.82, 2.24) is 15.6 Å². The van der Waals surface area contributed by atoms with Gasteiger partial charge in [0.1, 0.15) is 5.82 Å². The molecule has 1 aromatic heterocycles. The van der Waals surface area contributed by atoms with Crippen molar-refractivity contribution in [3.05, 3.63) is 23.9 Å².